The summed E-state index contributed by atoms with van der Waals surface area (Å²) in [7, 11) is 0. The number of phenolic OH excluding ortho intramolecular Hbond substituents is 1. The first-order valence-corrected chi connectivity index (χ1v) is 21.3. The smallest absolute Gasteiger partial charge is 0.148 e. The Balaban J connectivity index is 0.00000576. The van der Waals surface area contributed by atoms with Gasteiger partial charge in [0.15, 0.2) is 0 Å². The summed E-state index contributed by atoms with van der Waals surface area (Å²) in [5.41, 5.74) is 15.7. The van der Waals surface area contributed by atoms with Gasteiger partial charge in [-0.1, -0.05) is 180 Å². The van der Waals surface area contributed by atoms with E-state index >= 15 is 0 Å². The van der Waals surface area contributed by atoms with E-state index in [4.69, 9.17) is 12.7 Å². The van der Waals surface area contributed by atoms with Crippen molar-refractivity contribution in [2.45, 2.75) is 65.7 Å². The maximum Gasteiger partial charge on any atom is 0.148 e. The zero-order chi connectivity index (χ0) is 45.0. The molecule has 0 aliphatic rings. The number of benzene rings is 7. The van der Waals surface area contributed by atoms with Gasteiger partial charge in [-0.05, 0) is 92.5 Å². The Labute approximate surface area is 389 Å². The van der Waals surface area contributed by atoms with Crippen LogP contribution in [-0.4, -0.2) is 19.6 Å². The third-order valence-corrected chi connectivity index (χ3v) is 11.8. The molecule has 7 aromatic carbocycles. The maximum atomic E-state index is 11.5. The van der Waals surface area contributed by atoms with Crippen molar-refractivity contribution >= 4 is 11.0 Å². The molecule has 63 heavy (non-hydrogen) atoms. The summed E-state index contributed by atoms with van der Waals surface area (Å²) in [6.07, 6.45) is 1.85. The van der Waals surface area contributed by atoms with Crippen LogP contribution < -0.4 is 0 Å². The van der Waals surface area contributed by atoms with E-state index in [9.17, 15) is 5.11 Å². The summed E-state index contributed by atoms with van der Waals surface area (Å²) >= 11 is 0. The summed E-state index contributed by atoms with van der Waals surface area (Å²) in [5.74, 6) is -0.792. The van der Waals surface area contributed by atoms with Gasteiger partial charge in [0.2, 0.25) is 0 Å². The fourth-order valence-corrected chi connectivity index (χ4v) is 8.23. The number of imidazole rings is 1. The van der Waals surface area contributed by atoms with Gasteiger partial charge in [0, 0.05) is 41.3 Å². The number of hydrogen-bond donors (Lipinski definition) is 1. The van der Waals surface area contributed by atoms with E-state index in [2.05, 4.69) is 141 Å². The minimum absolute atomic E-state index is 0. The molecule has 5 heteroatoms. The molecule has 0 spiro atoms. The molecule has 0 aliphatic carbocycles. The second-order valence-electron chi connectivity index (χ2n) is 17.6. The summed E-state index contributed by atoms with van der Waals surface area (Å²) in [5, 5.41) is 11.5. The van der Waals surface area contributed by atoms with Gasteiger partial charge < -0.3 is 5.11 Å². The van der Waals surface area contributed by atoms with Crippen LogP contribution in [0.4, 0.5) is 0 Å². The second kappa shape index (κ2) is 17.8. The molecule has 9 rings (SSSR count). The van der Waals surface area contributed by atoms with Crippen molar-refractivity contribution in [1.82, 2.24) is 14.5 Å². The molecule has 4 nitrogen and oxygen atoms in total. The molecule has 0 unspecified atom stereocenters. The number of rotatable bonds is 9. The fraction of sp³-hybridized carbons (Fsp3) is 0.172. The number of aromatic hydroxyl groups is 1. The minimum atomic E-state index is -0.834. The zero-order valence-corrected chi connectivity index (χ0v) is 39.0. The van der Waals surface area contributed by atoms with Crippen LogP contribution in [0.3, 0.4) is 0 Å². The maximum absolute atomic E-state index is 11.5. The number of nitrogens with zero attached hydrogens (tertiary/aromatic N) is 3. The Hall–Kier alpha value is -6.35. The van der Waals surface area contributed by atoms with Crippen LogP contribution in [0.1, 0.15) is 79.7 Å². The largest absolute Gasteiger partial charge is 0.507 e. The van der Waals surface area contributed by atoms with E-state index < -0.39 is 11.8 Å². The molecule has 0 aliphatic heterocycles. The second-order valence-corrected chi connectivity index (χ2v) is 17.6. The van der Waals surface area contributed by atoms with Crippen LogP contribution in [-0.2, 0) is 26.5 Å². The Morgan fingerprint density at radius 2 is 1.21 bits per heavy atom. The minimum Gasteiger partial charge on any atom is -0.507 e. The quantitative estimate of drug-likeness (QED) is 0.147. The van der Waals surface area contributed by atoms with E-state index in [0.717, 1.165) is 83.6 Å². The molecule has 0 atom stereocenters. The van der Waals surface area contributed by atoms with Crippen LogP contribution in [0.5, 0.6) is 5.75 Å². The summed E-state index contributed by atoms with van der Waals surface area (Å²) in [4.78, 5) is 10.3. The molecule has 0 fully saturated rings. The van der Waals surface area contributed by atoms with Crippen molar-refractivity contribution in [1.29, 1.82) is 0 Å². The van der Waals surface area contributed by atoms with E-state index in [1.807, 2.05) is 82.4 Å². The topological polar surface area (TPSA) is 50.9 Å². The average Bonchev–Trinajstić information content (AvgIpc) is 3.68. The Kier molecular flexibility index (Phi) is 11.5. The molecule has 0 radical (unpaired) electrons. The third kappa shape index (κ3) is 8.70. The van der Waals surface area contributed by atoms with Crippen LogP contribution in [0, 0.1) is 6.07 Å². The molecule has 0 saturated carbocycles. The Morgan fingerprint density at radius 1 is 0.571 bits per heavy atom. The number of phenols is 1. The standard InChI is InChI=1S/C58H52N3O.Pt/c1-37(2)39-20-22-41(23-21-39)44-30-31-59-52(36-44)47-33-45(40-14-9-8-10-15-40)32-46(34-47)49-17-13-18-54-56(49)60-57(50-16-11-12-19-55(50)62)61(54)53-29-26-43(38(3)4)35-51(53)42-24-27-48(28-25-42)58(5,6)7;/h8-33,35-38,62H,1-7H3;/q-1;/i37D,38D;. The first-order valence-electron chi connectivity index (χ1n) is 22.3. The van der Waals surface area contributed by atoms with Gasteiger partial charge in [-0.15, -0.1) is 23.8 Å². The van der Waals surface area contributed by atoms with Crippen molar-refractivity contribution in [2.24, 2.45) is 0 Å². The number of hydrogen-bond acceptors (Lipinski definition) is 3. The van der Waals surface area contributed by atoms with Crippen LogP contribution in [0.15, 0.2) is 170 Å². The number of pyridine rings is 1. The van der Waals surface area contributed by atoms with Gasteiger partial charge in [0.1, 0.15) is 11.6 Å². The van der Waals surface area contributed by atoms with E-state index in [-0.39, 0.29) is 32.2 Å². The van der Waals surface area contributed by atoms with Gasteiger partial charge in [-0.25, -0.2) is 4.98 Å². The number of aromatic nitrogens is 3. The monoisotopic (exact) mass is 1000 g/mol. The summed E-state index contributed by atoms with van der Waals surface area (Å²) in [6.45, 7) is 14.3. The Morgan fingerprint density at radius 3 is 1.90 bits per heavy atom. The zero-order valence-electron chi connectivity index (χ0n) is 38.8. The summed E-state index contributed by atoms with van der Waals surface area (Å²) in [6, 6.07) is 59.4. The van der Waals surface area contributed by atoms with Crippen molar-refractivity contribution in [3.63, 3.8) is 0 Å². The molecule has 0 bridgehead atoms. The van der Waals surface area contributed by atoms with Crippen LogP contribution >= 0.6 is 0 Å². The van der Waals surface area contributed by atoms with Crippen LogP contribution in [0.2, 0.25) is 0 Å². The molecular formula is C58H52N3OPt-. The first-order chi connectivity index (χ1) is 30.5. The van der Waals surface area contributed by atoms with Gasteiger partial charge in [-0.3, -0.25) is 9.55 Å². The molecule has 316 valence electrons. The summed E-state index contributed by atoms with van der Waals surface area (Å²) < 4.78 is 19.7. The SMILES string of the molecule is [2H]C(C)(C)c1ccc(-c2ccnc(-c3[c-]c(-c4cccc5c4nc(-c4ccccc4O)n5-c4ccc(C([2H])(C)C)cc4-c4ccc(C(C)(C)C)cc4)cc(-c4ccccc4)c3)c2)cc1.[Pt]. The first kappa shape index (κ1) is 40.7. The molecule has 2 aromatic heterocycles. The van der Waals surface area contributed by atoms with E-state index in [0.29, 0.717) is 11.4 Å². The molecule has 1 N–H and O–H groups in total. The fourth-order valence-electron chi connectivity index (χ4n) is 8.23. The van der Waals surface area contributed by atoms with Gasteiger partial charge in [0.05, 0.1) is 22.3 Å². The van der Waals surface area contributed by atoms with Crippen molar-refractivity contribution in [2.75, 3.05) is 0 Å². The number of fused-ring (bicyclic) bond motifs is 1. The molecular weight excluding hydrogens is 950 g/mol. The molecule has 2 heterocycles. The van der Waals surface area contributed by atoms with Gasteiger partial charge in [-0.2, -0.15) is 0 Å². The average molecular weight is 1000 g/mol. The van der Waals surface area contributed by atoms with Gasteiger partial charge >= 0.3 is 0 Å². The normalized spacial score (nSPS) is 12.4. The van der Waals surface area contributed by atoms with Crippen molar-refractivity contribution < 1.29 is 28.9 Å². The predicted molar refractivity (Wildman–Crippen MR) is 259 cm³/mol. The Bertz CT molecular complexity index is 3160. The molecule has 0 saturated heterocycles. The number of para-hydroxylation sites is 2. The van der Waals surface area contributed by atoms with Crippen molar-refractivity contribution in [3.05, 3.63) is 193 Å². The van der Waals surface area contributed by atoms with Crippen molar-refractivity contribution in [3.8, 4) is 78.6 Å². The van der Waals surface area contributed by atoms with E-state index in [1.165, 1.54) is 5.56 Å². The molecule has 0 amide bonds. The molecule has 9 aromatic rings. The predicted octanol–water partition coefficient (Wildman–Crippen LogP) is 15.5. The van der Waals surface area contributed by atoms with Gasteiger partial charge in [0.25, 0.3) is 0 Å². The van der Waals surface area contributed by atoms with Crippen LogP contribution in [0.25, 0.3) is 83.9 Å². The van der Waals surface area contributed by atoms with E-state index in [1.54, 1.807) is 6.07 Å². The third-order valence-electron chi connectivity index (χ3n) is 11.8.